The molecule has 2 aliphatic rings. The van der Waals surface area contributed by atoms with Crippen molar-refractivity contribution < 1.29 is 17.9 Å². The molecule has 26 heavy (non-hydrogen) atoms. The average molecular weight is 373 g/mol. The van der Waals surface area contributed by atoms with Crippen molar-refractivity contribution in [2.24, 2.45) is 5.92 Å². The number of piperidine rings is 1. The van der Waals surface area contributed by atoms with Gasteiger partial charge in [0.2, 0.25) is 6.29 Å². The Bertz CT molecular complexity index is 887. The lowest BCUT2D eigenvalue weighted by Crippen LogP contribution is -2.39. The quantitative estimate of drug-likeness (QED) is 0.896. The highest BCUT2D eigenvalue weighted by atomic mass is 32.2. The highest BCUT2D eigenvalue weighted by Gasteiger charge is 2.29. The third kappa shape index (κ3) is 3.63. The van der Waals surface area contributed by atoms with Crippen LogP contribution >= 0.6 is 0 Å². The molecule has 2 aliphatic heterocycles. The summed E-state index contributed by atoms with van der Waals surface area (Å²) in [5.41, 5.74) is 3.02. The summed E-state index contributed by atoms with van der Waals surface area (Å²) < 4.78 is 35.3. The Morgan fingerprint density at radius 2 is 1.69 bits per heavy atom. The summed E-state index contributed by atoms with van der Waals surface area (Å²) in [4.78, 5) is 0.329. The summed E-state index contributed by atoms with van der Waals surface area (Å²) >= 11 is 0. The molecule has 0 radical (unpaired) electrons. The molecule has 0 aromatic heterocycles. The molecule has 5 nitrogen and oxygen atoms in total. The van der Waals surface area contributed by atoms with Crippen LogP contribution in [0.1, 0.15) is 18.4 Å². The van der Waals surface area contributed by atoms with Crippen LogP contribution in [0.4, 0.5) is 0 Å². The zero-order valence-corrected chi connectivity index (χ0v) is 15.6. The van der Waals surface area contributed by atoms with Crippen molar-refractivity contribution in [3.63, 3.8) is 0 Å². The number of hydrogen-bond donors (Lipinski definition) is 1. The molecule has 0 amide bonds. The van der Waals surface area contributed by atoms with Gasteiger partial charge in [-0.25, -0.2) is 8.42 Å². The first-order chi connectivity index (χ1) is 12.5. The SMILES string of the molecule is CS(=O)(=O)c1ccc(-c2ccc3c(c2)COC(C2CCNCC2)O3)cc1. The average Bonchev–Trinajstić information content (AvgIpc) is 2.67. The lowest BCUT2D eigenvalue weighted by molar-refractivity contribution is -0.145. The zero-order valence-electron chi connectivity index (χ0n) is 14.8. The van der Waals surface area contributed by atoms with E-state index in [1.165, 1.54) is 6.26 Å². The van der Waals surface area contributed by atoms with Crippen molar-refractivity contribution >= 4 is 9.84 Å². The van der Waals surface area contributed by atoms with Gasteiger partial charge in [-0.15, -0.1) is 0 Å². The van der Waals surface area contributed by atoms with E-state index < -0.39 is 9.84 Å². The number of nitrogens with one attached hydrogen (secondary N) is 1. The molecule has 1 fully saturated rings. The third-order valence-electron chi connectivity index (χ3n) is 5.09. The molecule has 0 spiro atoms. The Kier molecular flexibility index (Phi) is 4.73. The number of rotatable bonds is 3. The summed E-state index contributed by atoms with van der Waals surface area (Å²) in [6, 6.07) is 13.0. The maximum Gasteiger partial charge on any atom is 0.203 e. The lowest BCUT2D eigenvalue weighted by Gasteiger charge is -2.34. The van der Waals surface area contributed by atoms with Gasteiger partial charge in [0.15, 0.2) is 9.84 Å². The minimum Gasteiger partial charge on any atom is -0.464 e. The summed E-state index contributed by atoms with van der Waals surface area (Å²) in [6.07, 6.45) is 3.20. The standard InChI is InChI=1S/C20H23NO4S/c1-26(22,23)18-5-2-14(3-6-18)16-4-7-19-17(12-16)13-24-20(25-19)15-8-10-21-11-9-15/h2-7,12,15,20-21H,8-11,13H2,1H3. The Balaban J connectivity index is 1.53. The Morgan fingerprint density at radius 3 is 2.38 bits per heavy atom. The van der Waals surface area contributed by atoms with Crippen LogP contribution < -0.4 is 10.1 Å². The van der Waals surface area contributed by atoms with Gasteiger partial charge in [0.1, 0.15) is 5.75 Å². The van der Waals surface area contributed by atoms with E-state index in [1.54, 1.807) is 12.1 Å². The Morgan fingerprint density at radius 1 is 1.00 bits per heavy atom. The molecule has 1 N–H and O–H groups in total. The van der Waals surface area contributed by atoms with Crippen LogP contribution in [-0.4, -0.2) is 34.1 Å². The van der Waals surface area contributed by atoms with E-state index in [0.717, 1.165) is 48.4 Å². The Labute approximate surface area is 154 Å². The molecule has 2 aromatic carbocycles. The largest absolute Gasteiger partial charge is 0.464 e. The van der Waals surface area contributed by atoms with Crippen molar-refractivity contribution in [1.82, 2.24) is 5.32 Å². The predicted molar refractivity (Wildman–Crippen MR) is 99.8 cm³/mol. The number of ether oxygens (including phenoxy) is 2. The Hall–Kier alpha value is -1.89. The second-order valence-corrected chi connectivity index (χ2v) is 9.02. The van der Waals surface area contributed by atoms with E-state index in [0.29, 0.717) is 17.4 Å². The molecule has 1 atom stereocenters. The van der Waals surface area contributed by atoms with Gasteiger partial charge in [-0.05, 0) is 61.3 Å². The molecule has 0 saturated carbocycles. The minimum absolute atomic E-state index is 0.163. The lowest BCUT2D eigenvalue weighted by atomic mass is 9.96. The van der Waals surface area contributed by atoms with E-state index >= 15 is 0 Å². The molecule has 1 saturated heterocycles. The van der Waals surface area contributed by atoms with Gasteiger partial charge in [-0.2, -0.15) is 0 Å². The maximum absolute atomic E-state index is 11.6. The first-order valence-corrected chi connectivity index (χ1v) is 10.8. The van der Waals surface area contributed by atoms with Crippen molar-refractivity contribution in [2.75, 3.05) is 19.3 Å². The molecular weight excluding hydrogens is 350 g/mol. The molecule has 0 aliphatic carbocycles. The van der Waals surface area contributed by atoms with E-state index in [-0.39, 0.29) is 6.29 Å². The molecule has 0 bridgehead atoms. The van der Waals surface area contributed by atoms with Gasteiger partial charge >= 0.3 is 0 Å². The van der Waals surface area contributed by atoms with E-state index in [4.69, 9.17) is 9.47 Å². The van der Waals surface area contributed by atoms with E-state index in [1.807, 2.05) is 24.3 Å². The van der Waals surface area contributed by atoms with Gasteiger partial charge < -0.3 is 14.8 Å². The third-order valence-corrected chi connectivity index (χ3v) is 6.22. The van der Waals surface area contributed by atoms with Gasteiger partial charge in [0.25, 0.3) is 0 Å². The molecular formula is C20H23NO4S. The van der Waals surface area contributed by atoms with Crippen molar-refractivity contribution in [3.8, 4) is 16.9 Å². The molecule has 2 heterocycles. The minimum atomic E-state index is -3.18. The van der Waals surface area contributed by atoms with Crippen LogP contribution in [0.2, 0.25) is 0 Å². The van der Waals surface area contributed by atoms with Crippen LogP contribution in [0.15, 0.2) is 47.4 Å². The summed E-state index contributed by atoms with van der Waals surface area (Å²) in [6.45, 7) is 2.57. The summed E-state index contributed by atoms with van der Waals surface area (Å²) in [5, 5.41) is 3.36. The number of hydrogen-bond acceptors (Lipinski definition) is 5. The first-order valence-electron chi connectivity index (χ1n) is 8.93. The normalized spacial score (nSPS) is 21.0. The number of fused-ring (bicyclic) bond motifs is 1. The van der Waals surface area contributed by atoms with Gasteiger partial charge in [-0.3, -0.25) is 0 Å². The predicted octanol–water partition coefficient (Wildman–Crippen LogP) is 2.99. The van der Waals surface area contributed by atoms with Crippen molar-refractivity contribution in [1.29, 1.82) is 0 Å². The zero-order chi connectivity index (χ0) is 18.1. The smallest absolute Gasteiger partial charge is 0.203 e. The van der Waals surface area contributed by atoms with Crippen LogP contribution in [0.5, 0.6) is 5.75 Å². The highest BCUT2D eigenvalue weighted by molar-refractivity contribution is 7.90. The van der Waals surface area contributed by atoms with Crippen LogP contribution in [0.25, 0.3) is 11.1 Å². The van der Waals surface area contributed by atoms with Crippen LogP contribution in [0.3, 0.4) is 0 Å². The molecule has 138 valence electrons. The molecule has 1 unspecified atom stereocenters. The first kappa shape index (κ1) is 17.5. The summed E-state index contributed by atoms with van der Waals surface area (Å²) in [7, 11) is -3.18. The second-order valence-electron chi connectivity index (χ2n) is 7.00. The highest BCUT2D eigenvalue weighted by Crippen LogP contribution is 2.34. The fraction of sp³-hybridized carbons (Fsp3) is 0.400. The number of sulfone groups is 1. The summed E-state index contributed by atoms with van der Waals surface area (Å²) in [5.74, 6) is 1.32. The fourth-order valence-electron chi connectivity index (χ4n) is 3.56. The molecule has 4 rings (SSSR count). The van der Waals surface area contributed by atoms with Gasteiger partial charge in [0.05, 0.1) is 11.5 Å². The van der Waals surface area contributed by atoms with Crippen LogP contribution in [-0.2, 0) is 21.2 Å². The van der Waals surface area contributed by atoms with Crippen molar-refractivity contribution in [2.45, 2.75) is 30.6 Å². The van der Waals surface area contributed by atoms with E-state index in [2.05, 4.69) is 11.4 Å². The molecule has 6 heteroatoms. The molecule has 2 aromatic rings. The van der Waals surface area contributed by atoms with Gasteiger partial charge in [0, 0.05) is 17.7 Å². The number of benzene rings is 2. The van der Waals surface area contributed by atoms with Crippen LogP contribution in [0, 0.1) is 5.92 Å². The van der Waals surface area contributed by atoms with E-state index in [9.17, 15) is 8.42 Å². The maximum atomic E-state index is 11.6. The second kappa shape index (κ2) is 7.02. The van der Waals surface area contributed by atoms with Crippen molar-refractivity contribution in [3.05, 3.63) is 48.0 Å². The topological polar surface area (TPSA) is 64.6 Å². The fourth-order valence-corrected chi connectivity index (χ4v) is 4.19. The van der Waals surface area contributed by atoms with Gasteiger partial charge in [-0.1, -0.05) is 18.2 Å². The monoisotopic (exact) mass is 373 g/mol.